The van der Waals surface area contributed by atoms with Crippen molar-refractivity contribution in [2.45, 2.75) is 104 Å². The summed E-state index contributed by atoms with van der Waals surface area (Å²) >= 11 is 0. The average molecular weight is 365 g/mol. The van der Waals surface area contributed by atoms with E-state index in [1.165, 1.54) is 76.3 Å². The molecule has 0 heterocycles. The molecule has 0 aliphatic heterocycles. The first-order valence-electron chi connectivity index (χ1n) is 10.6. The van der Waals surface area contributed by atoms with Crippen LogP contribution in [-0.4, -0.2) is 16.2 Å². The number of unbranched alkanes of at least 4 members (excludes halogenated alkanes) is 10. The second kappa shape index (κ2) is 16.9. The van der Waals surface area contributed by atoms with Crippen molar-refractivity contribution in [1.82, 2.24) is 0 Å². The largest absolute Gasteiger partial charge is 0.508 e. The molecule has 0 atom stereocenters. The number of aromatic hydroxyl groups is 1. The molecule has 0 spiro atoms. The zero-order valence-electron chi connectivity index (χ0n) is 17.2. The van der Waals surface area contributed by atoms with Gasteiger partial charge in [-0.25, -0.2) is 4.79 Å². The molecule has 3 nitrogen and oxygen atoms in total. The van der Waals surface area contributed by atoms with Crippen molar-refractivity contribution in [2.75, 3.05) is 0 Å². The number of carbonyl (C=O) groups is 1. The molecule has 3 heteroatoms. The minimum atomic E-state index is -0.917. The molecule has 150 valence electrons. The molecular formula is C23H40O3. The van der Waals surface area contributed by atoms with Gasteiger partial charge in [-0.3, -0.25) is 0 Å². The molecule has 0 aromatic heterocycles. The summed E-state index contributed by atoms with van der Waals surface area (Å²) < 4.78 is 0. The van der Waals surface area contributed by atoms with Gasteiger partial charge in [-0.2, -0.15) is 0 Å². The molecule has 0 saturated carbocycles. The number of phenols is 1. The van der Waals surface area contributed by atoms with Gasteiger partial charge >= 0.3 is 5.97 Å². The first-order valence-corrected chi connectivity index (χ1v) is 10.6. The van der Waals surface area contributed by atoms with Crippen molar-refractivity contribution < 1.29 is 15.0 Å². The molecule has 0 aliphatic carbocycles. The fraction of sp³-hybridized carbons (Fsp3) is 0.696. The van der Waals surface area contributed by atoms with Gasteiger partial charge < -0.3 is 10.2 Å². The Balaban J connectivity index is 0.000000896. The molecular weight excluding hydrogens is 324 g/mol. The van der Waals surface area contributed by atoms with E-state index in [0.29, 0.717) is 5.56 Å². The Hall–Kier alpha value is -1.51. The number of carboxylic acids is 1. The monoisotopic (exact) mass is 364 g/mol. The van der Waals surface area contributed by atoms with E-state index in [1.54, 1.807) is 6.07 Å². The van der Waals surface area contributed by atoms with E-state index in [0.717, 1.165) is 24.8 Å². The maximum Gasteiger partial charge on any atom is 0.335 e. The molecule has 0 saturated heterocycles. The van der Waals surface area contributed by atoms with Crippen LogP contribution in [0, 0.1) is 0 Å². The van der Waals surface area contributed by atoms with Crippen LogP contribution in [0.25, 0.3) is 0 Å². The number of carboxylic acid groups (broad SMARTS) is 1. The average Bonchev–Trinajstić information content (AvgIpc) is 2.62. The molecule has 1 rings (SSSR count). The Bertz CT molecular complexity index is 465. The molecule has 0 fully saturated rings. The van der Waals surface area contributed by atoms with Crippen molar-refractivity contribution in [3.05, 3.63) is 29.3 Å². The first kappa shape index (κ1) is 24.5. The highest BCUT2D eigenvalue weighted by Crippen LogP contribution is 2.19. The Morgan fingerprint density at radius 1 is 0.769 bits per heavy atom. The summed E-state index contributed by atoms with van der Waals surface area (Å²) in [7, 11) is 0. The van der Waals surface area contributed by atoms with Crippen LogP contribution in [0.1, 0.15) is 114 Å². The van der Waals surface area contributed by atoms with Crippen LogP contribution in [0.15, 0.2) is 18.2 Å². The second-order valence-electron chi connectivity index (χ2n) is 7.08. The number of aromatic carboxylic acids is 1. The van der Waals surface area contributed by atoms with Gasteiger partial charge in [0.1, 0.15) is 5.75 Å². The maximum atomic E-state index is 11.1. The van der Waals surface area contributed by atoms with E-state index in [2.05, 4.69) is 20.8 Å². The Kier molecular flexibility index (Phi) is 15.9. The smallest absolute Gasteiger partial charge is 0.335 e. The van der Waals surface area contributed by atoms with Gasteiger partial charge in [0.25, 0.3) is 0 Å². The number of hydrogen-bond donors (Lipinski definition) is 2. The van der Waals surface area contributed by atoms with Crippen molar-refractivity contribution >= 4 is 5.97 Å². The quantitative estimate of drug-likeness (QED) is 0.359. The minimum absolute atomic E-state index is 0.143. The van der Waals surface area contributed by atoms with Gasteiger partial charge in [0.15, 0.2) is 0 Å². The Morgan fingerprint density at radius 2 is 1.23 bits per heavy atom. The van der Waals surface area contributed by atoms with Crippen LogP contribution in [0.2, 0.25) is 0 Å². The van der Waals surface area contributed by atoms with Gasteiger partial charge in [-0.1, -0.05) is 91.4 Å². The fourth-order valence-corrected chi connectivity index (χ4v) is 2.94. The van der Waals surface area contributed by atoms with Crippen LogP contribution >= 0.6 is 0 Å². The maximum absolute atomic E-state index is 11.1. The number of benzene rings is 1. The second-order valence-corrected chi connectivity index (χ2v) is 7.08. The van der Waals surface area contributed by atoms with Gasteiger partial charge in [0, 0.05) is 0 Å². The van der Waals surface area contributed by atoms with Crippen molar-refractivity contribution in [1.29, 1.82) is 0 Å². The summed E-state index contributed by atoms with van der Waals surface area (Å²) in [6.07, 6.45) is 16.1. The van der Waals surface area contributed by atoms with Crippen LogP contribution in [-0.2, 0) is 6.42 Å². The van der Waals surface area contributed by atoms with E-state index < -0.39 is 5.97 Å². The predicted molar refractivity (Wildman–Crippen MR) is 111 cm³/mol. The zero-order chi connectivity index (χ0) is 19.6. The van der Waals surface area contributed by atoms with Gasteiger partial charge in [0.2, 0.25) is 0 Å². The van der Waals surface area contributed by atoms with E-state index >= 15 is 0 Å². The van der Waals surface area contributed by atoms with Crippen molar-refractivity contribution in [2.24, 2.45) is 0 Å². The van der Waals surface area contributed by atoms with E-state index in [9.17, 15) is 9.90 Å². The third-order valence-corrected chi connectivity index (χ3v) is 4.58. The van der Waals surface area contributed by atoms with Crippen molar-refractivity contribution in [3.63, 3.8) is 0 Å². The molecule has 0 radical (unpaired) electrons. The molecule has 1 aromatic carbocycles. The van der Waals surface area contributed by atoms with Gasteiger partial charge in [-0.05, 0) is 36.6 Å². The lowest BCUT2D eigenvalue weighted by Gasteiger charge is -2.07. The van der Waals surface area contributed by atoms with Crippen molar-refractivity contribution in [3.8, 4) is 5.75 Å². The highest BCUT2D eigenvalue weighted by molar-refractivity contribution is 5.89. The van der Waals surface area contributed by atoms with Crippen LogP contribution in [0.5, 0.6) is 5.75 Å². The molecule has 0 amide bonds. The topological polar surface area (TPSA) is 57.5 Å². The highest BCUT2D eigenvalue weighted by Gasteiger charge is 2.10. The number of rotatable bonds is 13. The Labute approximate surface area is 160 Å². The predicted octanol–water partition coefficient (Wildman–Crippen LogP) is 7.36. The molecule has 0 bridgehead atoms. The fourth-order valence-electron chi connectivity index (χ4n) is 2.94. The molecule has 0 aliphatic rings. The van der Waals surface area contributed by atoms with Crippen LogP contribution in [0.4, 0.5) is 0 Å². The lowest BCUT2D eigenvalue weighted by Crippen LogP contribution is -2.02. The lowest BCUT2D eigenvalue weighted by atomic mass is 10.00. The van der Waals surface area contributed by atoms with Crippen LogP contribution < -0.4 is 0 Å². The van der Waals surface area contributed by atoms with Crippen LogP contribution in [0.3, 0.4) is 0 Å². The molecule has 2 N–H and O–H groups in total. The van der Waals surface area contributed by atoms with E-state index in [-0.39, 0.29) is 5.75 Å². The van der Waals surface area contributed by atoms with Gasteiger partial charge in [-0.15, -0.1) is 0 Å². The molecule has 0 unspecified atom stereocenters. The molecule has 1 aromatic rings. The third-order valence-electron chi connectivity index (χ3n) is 4.58. The summed E-state index contributed by atoms with van der Waals surface area (Å²) in [6, 6.07) is 4.49. The summed E-state index contributed by atoms with van der Waals surface area (Å²) in [4.78, 5) is 11.1. The summed E-state index contributed by atoms with van der Waals surface area (Å²) in [5.74, 6) is -0.774. The van der Waals surface area contributed by atoms with E-state index in [4.69, 9.17) is 5.11 Å². The molecule has 26 heavy (non-hydrogen) atoms. The minimum Gasteiger partial charge on any atom is -0.508 e. The Morgan fingerprint density at radius 3 is 1.73 bits per heavy atom. The summed E-state index contributed by atoms with van der Waals surface area (Å²) in [5, 5.41) is 18.5. The number of hydrogen-bond acceptors (Lipinski definition) is 2. The van der Waals surface area contributed by atoms with Gasteiger partial charge in [0.05, 0.1) is 5.56 Å². The first-order chi connectivity index (χ1) is 12.6. The normalized spacial score (nSPS) is 10.3. The lowest BCUT2D eigenvalue weighted by molar-refractivity contribution is 0.0695. The SMILES string of the molecule is CCCCCC.CCCCCCCCCCc1cc(O)ccc1C(=O)O. The standard InChI is InChI=1S/C17H26O3.C6H14/c1-2-3-4-5-6-7-8-9-10-14-13-15(18)11-12-16(14)17(19)20;1-3-5-6-4-2/h11-13,18H,2-10H2,1H3,(H,19,20);3-6H2,1-2H3. The number of phenolic OH excluding ortho intramolecular Hbond substituents is 1. The summed E-state index contributed by atoms with van der Waals surface area (Å²) in [5.41, 5.74) is 1.05. The zero-order valence-corrected chi connectivity index (χ0v) is 17.2. The summed E-state index contributed by atoms with van der Waals surface area (Å²) in [6.45, 7) is 6.68. The highest BCUT2D eigenvalue weighted by atomic mass is 16.4. The van der Waals surface area contributed by atoms with E-state index in [1.807, 2.05) is 0 Å². The third kappa shape index (κ3) is 12.8. The number of aryl methyl sites for hydroxylation is 1.